The Bertz CT molecular complexity index is 519. The molecule has 0 unspecified atom stereocenters. The van der Waals surface area contributed by atoms with Gasteiger partial charge in [0.2, 0.25) is 0 Å². The quantitative estimate of drug-likeness (QED) is 0.576. The summed E-state index contributed by atoms with van der Waals surface area (Å²) in [6.07, 6.45) is 10.1. The number of fused-ring (bicyclic) bond motifs is 1. The molecular formula is C20H32O3. The molecule has 0 aromatic carbocycles. The van der Waals surface area contributed by atoms with Gasteiger partial charge in [0, 0.05) is 6.08 Å². The lowest BCUT2D eigenvalue weighted by atomic mass is 9.47. The summed E-state index contributed by atoms with van der Waals surface area (Å²) < 4.78 is 0. The van der Waals surface area contributed by atoms with Crippen molar-refractivity contribution < 1.29 is 15.0 Å². The van der Waals surface area contributed by atoms with Crippen LogP contribution in [0.4, 0.5) is 0 Å². The van der Waals surface area contributed by atoms with E-state index in [0.717, 1.165) is 31.3 Å². The number of aliphatic hydroxyl groups is 1. The number of aliphatic hydroxyl groups excluding tert-OH is 1. The van der Waals surface area contributed by atoms with Gasteiger partial charge in [-0.2, -0.15) is 0 Å². The molecule has 1 fully saturated rings. The first-order valence-corrected chi connectivity index (χ1v) is 8.94. The second-order valence-electron chi connectivity index (χ2n) is 8.21. The van der Waals surface area contributed by atoms with Crippen LogP contribution in [-0.2, 0) is 4.79 Å². The summed E-state index contributed by atoms with van der Waals surface area (Å²) in [5.41, 5.74) is 2.49. The Balaban J connectivity index is 2.24. The van der Waals surface area contributed by atoms with E-state index in [1.165, 1.54) is 24.5 Å². The van der Waals surface area contributed by atoms with Crippen LogP contribution in [0, 0.1) is 22.7 Å². The number of carbonyl (C=O) groups is 1. The Labute approximate surface area is 140 Å². The van der Waals surface area contributed by atoms with Gasteiger partial charge in [-0.25, -0.2) is 4.79 Å². The largest absolute Gasteiger partial charge is 0.478 e. The van der Waals surface area contributed by atoms with Gasteiger partial charge in [0.25, 0.3) is 0 Å². The molecule has 4 atom stereocenters. The van der Waals surface area contributed by atoms with Crippen molar-refractivity contribution in [2.24, 2.45) is 22.7 Å². The number of carboxylic acids is 1. The molecule has 2 rings (SSSR count). The molecule has 3 heteroatoms. The number of allylic oxidation sites excluding steroid dienone is 2. The van der Waals surface area contributed by atoms with Crippen molar-refractivity contribution in [2.45, 2.75) is 66.2 Å². The molecule has 2 aliphatic rings. The minimum atomic E-state index is -0.850. The first-order valence-electron chi connectivity index (χ1n) is 8.94. The molecular weight excluding hydrogens is 288 g/mol. The molecule has 2 N–H and O–H groups in total. The molecule has 1 saturated carbocycles. The predicted molar refractivity (Wildman–Crippen MR) is 93.1 cm³/mol. The second kappa shape index (κ2) is 6.80. The van der Waals surface area contributed by atoms with Crippen LogP contribution in [0.25, 0.3) is 0 Å². The minimum absolute atomic E-state index is 0.110. The summed E-state index contributed by atoms with van der Waals surface area (Å²) in [5, 5.41) is 18.7. The summed E-state index contributed by atoms with van der Waals surface area (Å²) in [7, 11) is 0. The van der Waals surface area contributed by atoms with E-state index < -0.39 is 5.97 Å². The summed E-state index contributed by atoms with van der Waals surface area (Å²) in [6.45, 7) is 9.18. The molecule has 0 spiro atoms. The molecule has 23 heavy (non-hydrogen) atoms. The fourth-order valence-corrected chi connectivity index (χ4v) is 5.20. The lowest BCUT2D eigenvalue weighted by Crippen LogP contribution is -2.50. The summed E-state index contributed by atoms with van der Waals surface area (Å²) in [6, 6.07) is 0. The number of rotatable bonds is 5. The molecule has 130 valence electrons. The van der Waals surface area contributed by atoms with Gasteiger partial charge in [-0.15, -0.1) is 0 Å². The maximum Gasteiger partial charge on any atom is 0.328 e. The molecule has 0 radical (unpaired) electrons. The topological polar surface area (TPSA) is 57.5 Å². The van der Waals surface area contributed by atoms with Gasteiger partial charge < -0.3 is 10.2 Å². The first kappa shape index (κ1) is 18.3. The summed E-state index contributed by atoms with van der Waals surface area (Å²) in [4.78, 5) is 10.9. The maximum atomic E-state index is 10.9. The fraction of sp³-hybridized carbons (Fsp3) is 0.750. The van der Waals surface area contributed by atoms with Gasteiger partial charge in [0.15, 0.2) is 0 Å². The van der Waals surface area contributed by atoms with E-state index in [-0.39, 0.29) is 17.4 Å². The second-order valence-corrected chi connectivity index (χ2v) is 8.21. The highest BCUT2D eigenvalue weighted by Gasteiger charge is 2.53. The standard InChI is InChI=1S/C20H32O3/c1-14(12-18(22)23)8-10-19(3)15(2)9-11-20(4)16(13-21)6-5-7-17(19)20/h6,12,15,17,21H,5,7-11,13H2,1-4H3,(H,22,23)/b14-12-/t15-,17+,19-,20+/m0/s1. The number of hydrogen-bond acceptors (Lipinski definition) is 2. The Morgan fingerprint density at radius 2 is 2.09 bits per heavy atom. The predicted octanol–water partition coefficient (Wildman–Crippen LogP) is 4.57. The lowest BCUT2D eigenvalue weighted by molar-refractivity contribution is -0.131. The summed E-state index contributed by atoms with van der Waals surface area (Å²) in [5.74, 6) is 0.358. The van der Waals surface area contributed by atoms with Crippen LogP contribution in [0.15, 0.2) is 23.3 Å². The molecule has 0 aromatic rings. The van der Waals surface area contributed by atoms with E-state index in [0.29, 0.717) is 11.8 Å². The zero-order valence-electron chi connectivity index (χ0n) is 15.1. The van der Waals surface area contributed by atoms with Gasteiger partial charge in [-0.3, -0.25) is 0 Å². The van der Waals surface area contributed by atoms with Crippen molar-refractivity contribution in [3.05, 3.63) is 23.3 Å². The van der Waals surface area contributed by atoms with E-state index in [4.69, 9.17) is 5.11 Å². The molecule has 0 amide bonds. The van der Waals surface area contributed by atoms with Gasteiger partial charge in [0.05, 0.1) is 6.61 Å². The zero-order chi connectivity index (χ0) is 17.3. The third kappa shape index (κ3) is 3.40. The van der Waals surface area contributed by atoms with Crippen molar-refractivity contribution in [1.29, 1.82) is 0 Å². The fourth-order valence-electron chi connectivity index (χ4n) is 5.20. The summed E-state index contributed by atoms with van der Waals surface area (Å²) >= 11 is 0. The molecule has 0 aromatic heterocycles. The van der Waals surface area contributed by atoms with E-state index in [9.17, 15) is 9.90 Å². The Morgan fingerprint density at radius 3 is 2.70 bits per heavy atom. The van der Waals surface area contributed by atoms with Crippen molar-refractivity contribution in [2.75, 3.05) is 6.61 Å². The van der Waals surface area contributed by atoms with E-state index in [2.05, 4.69) is 26.8 Å². The normalized spacial score (nSPS) is 38.0. The van der Waals surface area contributed by atoms with Gasteiger partial charge in [-0.05, 0) is 73.7 Å². The van der Waals surface area contributed by atoms with Crippen LogP contribution in [0.3, 0.4) is 0 Å². The molecule has 3 nitrogen and oxygen atoms in total. The molecule has 0 bridgehead atoms. The average Bonchev–Trinajstić information content (AvgIpc) is 2.48. The molecule has 2 aliphatic carbocycles. The third-order valence-electron chi connectivity index (χ3n) is 6.97. The Kier molecular flexibility index (Phi) is 5.40. The Morgan fingerprint density at radius 1 is 1.39 bits per heavy atom. The smallest absolute Gasteiger partial charge is 0.328 e. The number of hydrogen-bond donors (Lipinski definition) is 2. The van der Waals surface area contributed by atoms with Crippen molar-refractivity contribution >= 4 is 5.97 Å². The monoisotopic (exact) mass is 320 g/mol. The highest BCUT2D eigenvalue weighted by molar-refractivity contribution is 5.80. The number of aliphatic carboxylic acids is 1. The minimum Gasteiger partial charge on any atom is -0.478 e. The van der Waals surface area contributed by atoms with Gasteiger partial charge in [-0.1, -0.05) is 32.4 Å². The Hall–Kier alpha value is -1.09. The SMILES string of the molecule is C/C(=C/C(=O)O)CC[C@]1(C)[C@H]2CCC=C(CO)[C@@]2(C)CC[C@@H]1C. The van der Waals surface area contributed by atoms with Crippen molar-refractivity contribution in [1.82, 2.24) is 0 Å². The lowest BCUT2D eigenvalue weighted by Gasteiger charge is -2.58. The first-order chi connectivity index (χ1) is 10.7. The highest BCUT2D eigenvalue weighted by atomic mass is 16.4. The highest BCUT2D eigenvalue weighted by Crippen LogP contribution is 2.61. The van der Waals surface area contributed by atoms with Crippen LogP contribution < -0.4 is 0 Å². The van der Waals surface area contributed by atoms with Gasteiger partial charge >= 0.3 is 5.97 Å². The van der Waals surface area contributed by atoms with Crippen LogP contribution in [0.5, 0.6) is 0 Å². The van der Waals surface area contributed by atoms with Crippen molar-refractivity contribution in [3.8, 4) is 0 Å². The number of carboxylic acid groups (broad SMARTS) is 1. The van der Waals surface area contributed by atoms with E-state index >= 15 is 0 Å². The third-order valence-corrected chi connectivity index (χ3v) is 6.97. The zero-order valence-corrected chi connectivity index (χ0v) is 15.1. The van der Waals surface area contributed by atoms with E-state index in [1.54, 1.807) is 0 Å². The molecule has 0 aliphatic heterocycles. The average molecular weight is 320 g/mol. The van der Waals surface area contributed by atoms with Crippen LogP contribution >= 0.6 is 0 Å². The maximum absolute atomic E-state index is 10.9. The van der Waals surface area contributed by atoms with Crippen molar-refractivity contribution in [3.63, 3.8) is 0 Å². The molecule has 0 heterocycles. The van der Waals surface area contributed by atoms with Gasteiger partial charge in [0.1, 0.15) is 0 Å². The molecule has 0 saturated heterocycles. The van der Waals surface area contributed by atoms with Crippen LogP contribution in [-0.4, -0.2) is 22.8 Å². The van der Waals surface area contributed by atoms with E-state index in [1.807, 2.05) is 6.92 Å². The van der Waals surface area contributed by atoms with Crippen LogP contribution in [0.1, 0.15) is 66.2 Å². The van der Waals surface area contributed by atoms with Crippen LogP contribution in [0.2, 0.25) is 0 Å².